The Labute approximate surface area is 164 Å². The summed E-state index contributed by atoms with van der Waals surface area (Å²) < 4.78 is 13.0. The molecular weight excluding hydrogens is 357 g/mol. The van der Waals surface area contributed by atoms with E-state index in [1.165, 1.54) is 24.3 Å². The Kier molecular flexibility index (Phi) is 6.09. The van der Waals surface area contributed by atoms with E-state index in [4.69, 9.17) is 5.73 Å². The minimum atomic E-state index is -0.465. The molecule has 1 saturated carbocycles. The summed E-state index contributed by atoms with van der Waals surface area (Å²) in [7, 11) is 0. The third-order valence-corrected chi connectivity index (χ3v) is 5.33. The molecule has 2 aromatic rings. The van der Waals surface area contributed by atoms with Crippen molar-refractivity contribution in [3.63, 3.8) is 0 Å². The summed E-state index contributed by atoms with van der Waals surface area (Å²) in [6.07, 6.45) is 3.75. The lowest BCUT2D eigenvalue weighted by molar-refractivity contribution is -0.128. The molecule has 2 aromatic carbocycles. The van der Waals surface area contributed by atoms with Gasteiger partial charge in [0.1, 0.15) is 5.82 Å². The highest BCUT2D eigenvalue weighted by Gasteiger charge is 2.37. The molecule has 0 radical (unpaired) electrons. The van der Waals surface area contributed by atoms with Crippen LogP contribution in [0.5, 0.6) is 0 Å². The zero-order chi connectivity index (χ0) is 20.1. The number of hydrogen-bond donors (Lipinski definition) is 3. The van der Waals surface area contributed by atoms with Gasteiger partial charge in [-0.1, -0.05) is 25.0 Å². The van der Waals surface area contributed by atoms with E-state index in [-0.39, 0.29) is 23.5 Å². The minimum absolute atomic E-state index is 0.0227. The van der Waals surface area contributed by atoms with Crippen LogP contribution in [0.1, 0.15) is 48.5 Å². The molecule has 1 fully saturated rings. The molecule has 1 aliphatic carbocycles. The lowest BCUT2D eigenvalue weighted by Gasteiger charge is -2.37. The highest BCUT2D eigenvalue weighted by molar-refractivity contribution is 6.04. The van der Waals surface area contributed by atoms with Gasteiger partial charge in [-0.3, -0.25) is 9.59 Å². The maximum absolute atomic E-state index is 13.0. The van der Waals surface area contributed by atoms with Crippen LogP contribution in [0.25, 0.3) is 0 Å². The van der Waals surface area contributed by atoms with Gasteiger partial charge in [-0.15, -0.1) is 0 Å². The number of nitrogens with two attached hydrogens (primary N) is 1. The molecule has 3 rings (SSSR count). The lowest BCUT2D eigenvalue weighted by Crippen LogP contribution is -2.52. The molecule has 28 heavy (non-hydrogen) atoms. The predicted octanol–water partition coefficient (Wildman–Crippen LogP) is 3.60. The molecule has 0 spiro atoms. The first-order chi connectivity index (χ1) is 13.3. The van der Waals surface area contributed by atoms with Crippen molar-refractivity contribution in [2.75, 3.05) is 5.32 Å². The fourth-order valence-electron chi connectivity index (χ4n) is 3.66. The van der Waals surface area contributed by atoms with Gasteiger partial charge in [-0.2, -0.15) is 0 Å². The summed E-state index contributed by atoms with van der Waals surface area (Å²) in [6, 6.07) is 12.6. The van der Waals surface area contributed by atoms with Crippen LogP contribution in [0, 0.1) is 11.7 Å². The first-order valence-corrected chi connectivity index (χ1v) is 9.57. The number of benzene rings is 2. The van der Waals surface area contributed by atoms with Crippen molar-refractivity contribution in [2.24, 2.45) is 11.7 Å². The molecule has 1 aliphatic rings. The van der Waals surface area contributed by atoms with E-state index >= 15 is 0 Å². The number of nitrogens with one attached hydrogen (secondary N) is 2. The fraction of sp³-hybridized carbons (Fsp3) is 0.364. The molecule has 2 amide bonds. The molecule has 4 N–H and O–H groups in total. The van der Waals surface area contributed by atoms with Crippen LogP contribution >= 0.6 is 0 Å². The van der Waals surface area contributed by atoms with Crippen LogP contribution in [-0.2, 0) is 11.3 Å². The van der Waals surface area contributed by atoms with Crippen molar-refractivity contribution in [1.29, 1.82) is 0 Å². The van der Waals surface area contributed by atoms with E-state index in [9.17, 15) is 14.0 Å². The molecule has 0 bridgehead atoms. The van der Waals surface area contributed by atoms with Crippen LogP contribution in [0.15, 0.2) is 48.5 Å². The number of rotatable bonds is 5. The molecular formula is C22H26FN3O2. The molecule has 2 atom stereocenters. The van der Waals surface area contributed by atoms with Crippen LogP contribution in [0.4, 0.5) is 10.1 Å². The largest absolute Gasteiger partial charge is 0.352 e. The fourth-order valence-corrected chi connectivity index (χ4v) is 3.66. The SMILES string of the molecule is CC1(N)CCCCC1C(=O)NCc1cccc(NC(=O)c2ccc(F)cc2)c1. The van der Waals surface area contributed by atoms with Gasteiger partial charge in [-0.25, -0.2) is 4.39 Å². The van der Waals surface area contributed by atoms with Crippen molar-refractivity contribution >= 4 is 17.5 Å². The molecule has 2 unspecified atom stereocenters. The Balaban J connectivity index is 1.59. The zero-order valence-electron chi connectivity index (χ0n) is 16.0. The second kappa shape index (κ2) is 8.52. The van der Waals surface area contributed by atoms with Crippen LogP contribution < -0.4 is 16.4 Å². The summed E-state index contributed by atoms with van der Waals surface area (Å²) in [6.45, 7) is 2.31. The van der Waals surface area contributed by atoms with E-state index in [1.54, 1.807) is 6.07 Å². The van der Waals surface area contributed by atoms with E-state index in [0.717, 1.165) is 31.2 Å². The quantitative estimate of drug-likeness (QED) is 0.738. The highest BCUT2D eigenvalue weighted by atomic mass is 19.1. The molecule has 0 saturated heterocycles. The average molecular weight is 383 g/mol. The first-order valence-electron chi connectivity index (χ1n) is 9.57. The smallest absolute Gasteiger partial charge is 0.255 e. The molecule has 5 nitrogen and oxygen atoms in total. The van der Waals surface area contributed by atoms with Crippen molar-refractivity contribution in [1.82, 2.24) is 5.32 Å². The predicted molar refractivity (Wildman–Crippen MR) is 107 cm³/mol. The van der Waals surface area contributed by atoms with Gasteiger partial charge in [0.05, 0.1) is 5.92 Å². The minimum Gasteiger partial charge on any atom is -0.352 e. The molecule has 6 heteroatoms. The number of carbonyl (C=O) groups is 2. The van der Waals surface area contributed by atoms with E-state index in [0.29, 0.717) is 17.8 Å². The van der Waals surface area contributed by atoms with Crippen molar-refractivity contribution in [3.8, 4) is 0 Å². The van der Waals surface area contributed by atoms with Gasteiger partial charge in [0.25, 0.3) is 5.91 Å². The van der Waals surface area contributed by atoms with Gasteiger partial charge < -0.3 is 16.4 Å². The topological polar surface area (TPSA) is 84.2 Å². The van der Waals surface area contributed by atoms with E-state index in [1.807, 2.05) is 25.1 Å². The van der Waals surface area contributed by atoms with Crippen molar-refractivity contribution in [2.45, 2.75) is 44.7 Å². The summed E-state index contributed by atoms with van der Waals surface area (Å²) >= 11 is 0. The Morgan fingerprint density at radius 2 is 1.93 bits per heavy atom. The number of halogens is 1. The van der Waals surface area contributed by atoms with Gasteiger partial charge in [0, 0.05) is 23.3 Å². The van der Waals surface area contributed by atoms with Gasteiger partial charge in [-0.05, 0) is 61.7 Å². The standard InChI is InChI=1S/C22H26FN3O2/c1-22(24)12-3-2-7-19(22)21(28)25-14-15-5-4-6-18(13-15)26-20(27)16-8-10-17(23)11-9-16/h4-6,8-11,13,19H,2-3,7,12,14,24H2,1H3,(H,25,28)(H,26,27). The molecule has 0 aliphatic heterocycles. The van der Waals surface area contributed by atoms with Crippen LogP contribution in [0.3, 0.4) is 0 Å². The summed E-state index contributed by atoms with van der Waals surface area (Å²) in [5.74, 6) is -0.906. The number of amides is 2. The summed E-state index contributed by atoms with van der Waals surface area (Å²) in [5.41, 5.74) is 7.70. The Morgan fingerprint density at radius 3 is 2.64 bits per heavy atom. The second-order valence-electron chi connectivity index (χ2n) is 7.68. The summed E-state index contributed by atoms with van der Waals surface area (Å²) in [5, 5.41) is 5.76. The van der Waals surface area contributed by atoms with Gasteiger partial charge in [0.2, 0.25) is 5.91 Å². The van der Waals surface area contributed by atoms with Gasteiger partial charge >= 0.3 is 0 Å². The Morgan fingerprint density at radius 1 is 1.18 bits per heavy atom. The normalized spacial score (nSPS) is 21.8. The highest BCUT2D eigenvalue weighted by Crippen LogP contribution is 2.31. The Bertz CT molecular complexity index is 849. The third-order valence-electron chi connectivity index (χ3n) is 5.33. The third kappa shape index (κ3) is 4.95. The maximum atomic E-state index is 13.0. The average Bonchev–Trinajstić information content (AvgIpc) is 2.66. The van der Waals surface area contributed by atoms with Gasteiger partial charge in [0.15, 0.2) is 0 Å². The van der Waals surface area contributed by atoms with E-state index in [2.05, 4.69) is 10.6 Å². The summed E-state index contributed by atoms with van der Waals surface area (Å²) in [4.78, 5) is 24.8. The monoisotopic (exact) mass is 383 g/mol. The van der Waals surface area contributed by atoms with Crippen LogP contribution in [-0.4, -0.2) is 17.4 Å². The molecule has 0 heterocycles. The van der Waals surface area contributed by atoms with Crippen LogP contribution in [0.2, 0.25) is 0 Å². The Hall–Kier alpha value is -2.73. The zero-order valence-corrected chi connectivity index (χ0v) is 16.0. The number of anilines is 1. The lowest BCUT2D eigenvalue weighted by atomic mass is 9.74. The van der Waals surface area contributed by atoms with Crippen molar-refractivity contribution in [3.05, 3.63) is 65.5 Å². The van der Waals surface area contributed by atoms with E-state index < -0.39 is 5.54 Å². The molecule has 148 valence electrons. The number of hydrogen-bond acceptors (Lipinski definition) is 3. The molecule has 0 aromatic heterocycles. The maximum Gasteiger partial charge on any atom is 0.255 e. The number of carbonyl (C=O) groups excluding carboxylic acids is 2. The van der Waals surface area contributed by atoms with Crippen molar-refractivity contribution < 1.29 is 14.0 Å². The second-order valence-corrected chi connectivity index (χ2v) is 7.68. The first kappa shape index (κ1) is 20.0.